The first-order chi connectivity index (χ1) is 9.55. The molecule has 3 nitrogen and oxygen atoms in total. The zero-order valence-corrected chi connectivity index (χ0v) is 14.4. The number of thiophene rings is 1. The Morgan fingerprint density at radius 1 is 1.15 bits per heavy atom. The number of aryl methyl sites for hydroxylation is 1. The Balaban J connectivity index is 2.24. The van der Waals surface area contributed by atoms with E-state index in [0.717, 1.165) is 27.2 Å². The van der Waals surface area contributed by atoms with E-state index in [4.69, 9.17) is 9.47 Å². The van der Waals surface area contributed by atoms with E-state index in [1.807, 2.05) is 12.1 Å². The van der Waals surface area contributed by atoms with Gasteiger partial charge in [0.2, 0.25) is 0 Å². The highest BCUT2D eigenvalue weighted by atomic mass is 79.9. The van der Waals surface area contributed by atoms with Crippen molar-refractivity contribution in [3.8, 4) is 11.5 Å². The molecular weight excluding hydrogens is 338 g/mol. The van der Waals surface area contributed by atoms with Crippen LogP contribution in [-0.4, -0.2) is 14.2 Å². The summed E-state index contributed by atoms with van der Waals surface area (Å²) in [4.78, 5) is 1.28. The van der Waals surface area contributed by atoms with Crippen molar-refractivity contribution in [2.45, 2.75) is 19.9 Å². The molecule has 2 rings (SSSR count). The van der Waals surface area contributed by atoms with Crippen LogP contribution in [0.2, 0.25) is 0 Å². The van der Waals surface area contributed by atoms with E-state index in [-0.39, 0.29) is 6.04 Å². The summed E-state index contributed by atoms with van der Waals surface area (Å²) < 4.78 is 11.8. The third-order valence-electron chi connectivity index (χ3n) is 3.12. The van der Waals surface area contributed by atoms with Crippen LogP contribution < -0.4 is 14.8 Å². The monoisotopic (exact) mass is 355 g/mol. The van der Waals surface area contributed by atoms with Crippen LogP contribution in [0.1, 0.15) is 23.4 Å². The van der Waals surface area contributed by atoms with Gasteiger partial charge in [-0.05, 0) is 47.5 Å². The van der Waals surface area contributed by atoms with Crippen LogP contribution in [0.5, 0.6) is 11.5 Å². The van der Waals surface area contributed by atoms with Crippen molar-refractivity contribution in [2.75, 3.05) is 19.5 Å². The van der Waals surface area contributed by atoms with E-state index >= 15 is 0 Å². The Labute approximate surface area is 132 Å². The highest BCUT2D eigenvalue weighted by Crippen LogP contribution is 2.35. The highest BCUT2D eigenvalue weighted by Gasteiger charge is 2.12. The summed E-state index contributed by atoms with van der Waals surface area (Å²) in [5.41, 5.74) is 2.18. The third kappa shape index (κ3) is 3.27. The van der Waals surface area contributed by atoms with Gasteiger partial charge in [0.05, 0.1) is 20.3 Å². The molecule has 0 aliphatic carbocycles. The van der Waals surface area contributed by atoms with E-state index in [2.05, 4.69) is 46.5 Å². The van der Waals surface area contributed by atoms with Gasteiger partial charge in [-0.3, -0.25) is 0 Å². The molecule has 0 saturated heterocycles. The molecular formula is C15H18BrNO2S. The summed E-state index contributed by atoms with van der Waals surface area (Å²) in [7, 11) is 3.30. The molecule has 5 heteroatoms. The number of halogens is 1. The van der Waals surface area contributed by atoms with Crippen LogP contribution in [0.15, 0.2) is 28.1 Å². The summed E-state index contributed by atoms with van der Waals surface area (Å²) >= 11 is 5.22. The molecule has 1 heterocycles. The van der Waals surface area contributed by atoms with Crippen molar-refractivity contribution in [3.63, 3.8) is 0 Å². The van der Waals surface area contributed by atoms with Crippen molar-refractivity contribution < 1.29 is 9.47 Å². The van der Waals surface area contributed by atoms with Crippen molar-refractivity contribution >= 4 is 33.0 Å². The lowest BCUT2D eigenvalue weighted by atomic mass is 10.1. The van der Waals surface area contributed by atoms with Gasteiger partial charge in [-0.2, -0.15) is 0 Å². The summed E-state index contributed by atoms with van der Waals surface area (Å²) in [5.74, 6) is 1.49. The van der Waals surface area contributed by atoms with E-state index < -0.39 is 0 Å². The van der Waals surface area contributed by atoms with E-state index in [1.54, 1.807) is 25.6 Å². The second-order valence-electron chi connectivity index (χ2n) is 4.56. The fourth-order valence-corrected chi connectivity index (χ4v) is 3.45. The molecule has 20 heavy (non-hydrogen) atoms. The van der Waals surface area contributed by atoms with Gasteiger partial charge >= 0.3 is 0 Å². The summed E-state index contributed by atoms with van der Waals surface area (Å²) in [6, 6.07) is 6.34. The fraction of sp³-hybridized carbons (Fsp3) is 0.333. The second-order valence-corrected chi connectivity index (χ2v) is 6.41. The number of benzene rings is 1. The van der Waals surface area contributed by atoms with Crippen molar-refractivity contribution in [1.82, 2.24) is 0 Å². The van der Waals surface area contributed by atoms with Crippen molar-refractivity contribution in [1.29, 1.82) is 0 Å². The number of nitrogens with one attached hydrogen (secondary N) is 1. The van der Waals surface area contributed by atoms with Crippen LogP contribution in [0.4, 0.5) is 5.69 Å². The molecule has 1 atom stereocenters. The predicted octanol–water partition coefficient (Wildman–Crippen LogP) is 5.01. The average Bonchev–Trinajstić information content (AvgIpc) is 2.87. The summed E-state index contributed by atoms with van der Waals surface area (Å²) in [5, 5.41) is 5.61. The van der Waals surface area contributed by atoms with Crippen LogP contribution in [0.25, 0.3) is 0 Å². The molecule has 1 aromatic carbocycles. The number of methoxy groups -OCH3 is 2. The molecule has 1 N–H and O–H groups in total. The minimum atomic E-state index is 0.239. The summed E-state index contributed by atoms with van der Waals surface area (Å²) in [6.45, 7) is 4.20. The largest absolute Gasteiger partial charge is 0.493 e. The molecule has 0 saturated carbocycles. The molecule has 0 radical (unpaired) electrons. The van der Waals surface area contributed by atoms with Gasteiger partial charge < -0.3 is 14.8 Å². The SMILES string of the molecule is COc1cc(C)c(NC(C)c2cc(Br)cs2)cc1OC. The standard InChI is InChI=1S/C15H18BrNO2S/c1-9-5-13(18-3)14(19-4)7-12(9)17-10(2)15-6-11(16)8-20-15/h5-8,10,17H,1-4H3. The Morgan fingerprint density at radius 2 is 1.80 bits per heavy atom. The quantitative estimate of drug-likeness (QED) is 0.817. The molecule has 0 bridgehead atoms. The lowest BCUT2D eigenvalue weighted by molar-refractivity contribution is 0.355. The molecule has 0 aliphatic rings. The number of ether oxygens (including phenoxy) is 2. The van der Waals surface area contributed by atoms with Crippen molar-refractivity contribution in [2.24, 2.45) is 0 Å². The highest BCUT2D eigenvalue weighted by molar-refractivity contribution is 9.10. The van der Waals surface area contributed by atoms with Crippen LogP contribution in [-0.2, 0) is 0 Å². The molecule has 108 valence electrons. The van der Waals surface area contributed by atoms with Gasteiger partial charge in [0.15, 0.2) is 11.5 Å². The van der Waals surface area contributed by atoms with E-state index in [1.165, 1.54) is 4.88 Å². The van der Waals surface area contributed by atoms with Gasteiger partial charge in [-0.1, -0.05) is 0 Å². The zero-order valence-electron chi connectivity index (χ0n) is 12.0. The molecule has 0 amide bonds. The lowest BCUT2D eigenvalue weighted by Crippen LogP contribution is -2.06. The predicted molar refractivity (Wildman–Crippen MR) is 88.3 cm³/mol. The Kier molecular flexibility index (Phi) is 4.94. The Hall–Kier alpha value is -1.20. The summed E-state index contributed by atoms with van der Waals surface area (Å²) in [6.07, 6.45) is 0. The normalized spacial score (nSPS) is 12.1. The minimum Gasteiger partial charge on any atom is -0.493 e. The van der Waals surface area contributed by atoms with Gasteiger partial charge in [0.1, 0.15) is 0 Å². The van der Waals surface area contributed by atoms with Crippen LogP contribution in [0, 0.1) is 6.92 Å². The fourth-order valence-electron chi connectivity index (χ4n) is 2.00. The molecule has 0 spiro atoms. The van der Waals surface area contributed by atoms with Crippen LogP contribution in [0.3, 0.4) is 0 Å². The first kappa shape index (κ1) is 15.2. The second kappa shape index (κ2) is 6.50. The molecule has 2 aromatic rings. The first-order valence-electron chi connectivity index (χ1n) is 6.28. The Morgan fingerprint density at radius 3 is 2.35 bits per heavy atom. The maximum Gasteiger partial charge on any atom is 0.162 e. The van der Waals surface area contributed by atoms with Crippen molar-refractivity contribution in [3.05, 3.63) is 38.5 Å². The number of rotatable bonds is 5. The van der Waals surface area contributed by atoms with E-state index in [9.17, 15) is 0 Å². The van der Waals surface area contributed by atoms with Gasteiger partial charge in [0, 0.05) is 26.5 Å². The topological polar surface area (TPSA) is 30.5 Å². The minimum absolute atomic E-state index is 0.239. The Bertz CT molecular complexity index is 598. The maximum atomic E-state index is 5.35. The third-order valence-corrected chi connectivity index (χ3v) is 4.99. The van der Waals surface area contributed by atoms with Crippen LogP contribution >= 0.6 is 27.3 Å². The van der Waals surface area contributed by atoms with Gasteiger partial charge in [-0.15, -0.1) is 11.3 Å². The number of anilines is 1. The smallest absolute Gasteiger partial charge is 0.162 e. The first-order valence-corrected chi connectivity index (χ1v) is 7.95. The number of hydrogen-bond donors (Lipinski definition) is 1. The number of hydrogen-bond acceptors (Lipinski definition) is 4. The maximum absolute atomic E-state index is 5.35. The average molecular weight is 356 g/mol. The zero-order chi connectivity index (χ0) is 14.7. The molecule has 0 aliphatic heterocycles. The lowest BCUT2D eigenvalue weighted by Gasteiger charge is -2.18. The molecule has 1 unspecified atom stereocenters. The van der Waals surface area contributed by atoms with Gasteiger partial charge in [0.25, 0.3) is 0 Å². The molecule has 0 fully saturated rings. The van der Waals surface area contributed by atoms with Gasteiger partial charge in [-0.25, -0.2) is 0 Å². The molecule has 1 aromatic heterocycles. The van der Waals surface area contributed by atoms with E-state index in [0.29, 0.717) is 0 Å².